The van der Waals surface area contributed by atoms with E-state index in [9.17, 15) is 22.8 Å². The van der Waals surface area contributed by atoms with Crippen molar-refractivity contribution in [2.75, 3.05) is 32.2 Å². The fraction of sp³-hybridized carbons (Fsp3) is 0.667. The molecule has 4 aliphatic carbocycles. The Bertz CT molecular complexity index is 2440. The van der Waals surface area contributed by atoms with Crippen molar-refractivity contribution < 1.29 is 50.7 Å². The van der Waals surface area contributed by atoms with Crippen molar-refractivity contribution >= 4 is 50.6 Å². The maximum absolute atomic E-state index is 15.1. The van der Waals surface area contributed by atoms with E-state index in [1.807, 2.05) is 59.7 Å². The molecule has 3 heterocycles. The number of hydrogen-bond acceptors (Lipinski definition) is 14. The fourth-order valence-corrected chi connectivity index (χ4v) is 11.1. The number of ether oxygens (including phenoxy) is 4. The number of esters is 1. The summed E-state index contributed by atoms with van der Waals surface area (Å²) in [4.78, 5) is 63.9. The highest BCUT2D eigenvalue weighted by Crippen LogP contribution is 2.58. The number of benzene rings is 1. The van der Waals surface area contributed by atoms with Gasteiger partial charge < -0.3 is 29.2 Å². The largest absolute Gasteiger partial charge is 0.491 e. The number of amides is 2. The zero-order chi connectivity index (χ0) is 47.3. The molecule has 5 fully saturated rings. The standard InChI is InChI=1S/C48H66N6O11S/c1-9-31-25-48(31,45(58)52-66(59,60)65-47(7)13-14-47)26-39(55)38-22-34(27-53(38)44(57)36(46(4,5)6)23-43(56)64-33-19-29-18-30(29)20-33)63-40-24-42(54-15-12-41(51-54)49-28(2)3)50-37-21-32(10-11-35(37)40)62-17-16-61-8/h10-12,15,21,24,28-31,33-34,36,38H,9,13-14,16-20,22-23,25-27H2,1-8H3,(H,49,51)(H,52,58)/t29-,30+,31-,33?,34-,36-,38+,48-/m1/s1. The van der Waals surface area contributed by atoms with Gasteiger partial charge in [-0.1, -0.05) is 34.1 Å². The van der Waals surface area contributed by atoms with E-state index in [0.717, 1.165) is 12.8 Å². The topological polar surface area (TPSA) is 207 Å². The van der Waals surface area contributed by atoms with Gasteiger partial charge >= 0.3 is 16.3 Å². The lowest BCUT2D eigenvalue weighted by molar-refractivity contribution is -0.156. The van der Waals surface area contributed by atoms with Crippen LogP contribution in [0.15, 0.2) is 36.5 Å². The zero-order valence-corrected chi connectivity index (χ0v) is 40.3. The van der Waals surface area contributed by atoms with Crippen LogP contribution < -0.4 is 19.5 Å². The number of rotatable bonds is 21. The molecule has 1 unspecified atom stereocenters. The molecule has 2 aromatic heterocycles. The van der Waals surface area contributed by atoms with Gasteiger partial charge in [0, 0.05) is 55.8 Å². The molecule has 8 atom stereocenters. The van der Waals surface area contributed by atoms with Gasteiger partial charge in [-0.3, -0.25) is 19.2 Å². The second-order valence-corrected chi connectivity index (χ2v) is 22.2. The Morgan fingerprint density at radius 1 is 0.985 bits per heavy atom. The van der Waals surface area contributed by atoms with Gasteiger partial charge in [0.2, 0.25) is 11.8 Å². The number of fused-ring (bicyclic) bond motifs is 2. The monoisotopic (exact) mass is 934 g/mol. The van der Waals surface area contributed by atoms with Crippen LogP contribution in [0, 0.1) is 34.5 Å². The summed E-state index contributed by atoms with van der Waals surface area (Å²) in [6.45, 7) is 14.0. The van der Waals surface area contributed by atoms with Crippen LogP contribution in [0.3, 0.4) is 0 Å². The number of anilines is 1. The third kappa shape index (κ3) is 10.8. The number of methoxy groups -OCH3 is 1. The van der Waals surface area contributed by atoms with Crippen LogP contribution in [0.2, 0.25) is 0 Å². The summed E-state index contributed by atoms with van der Waals surface area (Å²) < 4.78 is 59.0. The molecule has 5 aliphatic rings. The Morgan fingerprint density at radius 3 is 2.38 bits per heavy atom. The number of Topliss-reactive ketones (excluding diaryl/α,β-unsaturated/α-hetero) is 1. The summed E-state index contributed by atoms with van der Waals surface area (Å²) in [5, 5.41) is 8.65. The highest BCUT2D eigenvalue weighted by atomic mass is 32.2. The number of nitrogens with zero attached hydrogens (tertiary/aromatic N) is 4. The fourth-order valence-electron chi connectivity index (χ4n) is 9.95. The number of nitrogens with one attached hydrogen (secondary N) is 2. The lowest BCUT2D eigenvalue weighted by Gasteiger charge is -2.35. The summed E-state index contributed by atoms with van der Waals surface area (Å²) >= 11 is 0. The average molecular weight is 935 g/mol. The molecule has 0 spiro atoms. The molecule has 2 N–H and O–H groups in total. The van der Waals surface area contributed by atoms with E-state index < -0.39 is 68.4 Å². The highest BCUT2D eigenvalue weighted by Gasteiger charge is 2.62. The van der Waals surface area contributed by atoms with E-state index in [2.05, 4.69) is 10.0 Å². The minimum atomic E-state index is -4.44. The number of carbonyl (C=O) groups excluding carboxylic acids is 4. The molecule has 0 bridgehead atoms. The van der Waals surface area contributed by atoms with E-state index >= 15 is 4.79 Å². The predicted molar refractivity (Wildman–Crippen MR) is 244 cm³/mol. The third-order valence-corrected chi connectivity index (χ3v) is 15.2. The molecule has 18 heteroatoms. The summed E-state index contributed by atoms with van der Waals surface area (Å²) in [5.74, 6) is 0.205. The normalized spacial score (nSPS) is 26.7. The Labute approximate surface area is 387 Å². The predicted octanol–water partition coefficient (Wildman–Crippen LogP) is 6.31. The lowest BCUT2D eigenvalue weighted by Crippen LogP contribution is -2.48. The van der Waals surface area contributed by atoms with Gasteiger partial charge in [-0.15, -0.1) is 5.10 Å². The Kier molecular flexibility index (Phi) is 13.3. The van der Waals surface area contributed by atoms with E-state index in [4.69, 9.17) is 33.2 Å². The molecular formula is C48H66N6O11S. The second kappa shape index (κ2) is 18.4. The van der Waals surface area contributed by atoms with Crippen LogP contribution in [-0.2, 0) is 43.1 Å². The number of ketones is 1. The smallest absolute Gasteiger partial charge is 0.362 e. The van der Waals surface area contributed by atoms with Gasteiger partial charge in [-0.25, -0.2) is 18.6 Å². The average Bonchev–Trinajstić information content (AvgIpc) is 4.15. The van der Waals surface area contributed by atoms with Gasteiger partial charge in [0.05, 0.1) is 48.1 Å². The van der Waals surface area contributed by atoms with Crippen LogP contribution in [0.25, 0.3) is 16.7 Å². The molecule has 2 amide bonds. The van der Waals surface area contributed by atoms with Gasteiger partial charge in [0.1, 0.15) is 36.1 Å². The third-order valence-electron chi connectivity index (χ3n) is 14.1. The summed E-state index contributed by atoms with van der Waals surface area (Å²) in [5.41, 5.74) is -2.31. The van der Waals surface area contributed by atoms with Crippen LogP contribution in [0.5, 0.6) is 11.5 Å². The van der Waals surface area contributed by atoms with E-state index in [1.54, 1.807) is 37.0 Å². The van der Waals surface area contributed by atoms with Crippen LogP contribution in [-0.4, -0.2) is 108 Å². The van der Waals surface area contributed by atoms with Crippen LogP contribution in [0.4, 0.5) is 5.82 Å². The van der Waals surface area contributed by atoms with Crippen molar-refractivity contribution in [2.24, 2.45) is 34.5 Å². The number of pyridine rings is 1. The molecule has 66 heavy (non-hydrogen) atoms. The number of carbonyl (C=O) groups is 4. The van der Waals surface area contributed by atoms with Crippen LogP contribution >= 0.6 is 0 Å². The molecule has 8 rings (SSSR count). The molecule has 1 aromatic carbocycles. The van der Waals surface area contributed by atoms with Crippen LogP contribution in [0.1, 0.15) is 113 Å². The van der Waals surface area contributed by atoms with Crippen molar-refractivity contribution in [3.8, 4) is 17.3 Å². The molecule has 0 radical (unpaired) electrons. The SMILES string of the molecule is CC[C@@H]1C[C@]1(CC(=O)[C@@H]1C[C@@H](Oc2cc(-n3ccc(NC(C)C)n3)nc3cc(OCCOC)ccc23)CN1C(=O)[C@@H](CC(=O)OC1C[C@@H]2C[C@@H]2C1)C(C)(C)C)C(=O)NS(=O)(=O)OC1(C)CC1. The van der Waals surface area contributed by atoms with Gasteiger partial charge in [0.15, 0.2) is 11.6 Å². The van der Waals surface area contributed by atoms with E-state index in [0.29, 0.717) is 84.8 Å². The van der Waals surface area contributed by atoms with Crippen molar-refractivity contribution in [3.63, 3.8) is 0 Å². The Balaban J connectivity index is 1.10. The first kappa shape index (κ1) is 47.7. The first-order chi connectivity index (χ1) is 31.2. The quantitative estimate of drug-likeness (QED) is 0.0887. The van der Waals surface area contributed by atoms with Crippen molar-refractivity contribution in [2.45, 2.75) is 143 Å². The van der Waals surface area contributed by atoms with Crippen molar-refractivity contribution in [1.82, 2.24) is 24.4 Å². The van der Waals surface area contributed by atoms with E-state index in [-0.39, 0.29) is 43.9 Å². The zero-order valence-electron chi connectivity index (χ0n) is 39.5. The van der Waals surface area contributed by atoms with Gasteiger partial charge in [-0.05, 0) is 94.6 Å². The Morgan fingerprint density at radius 2 is 1.73 bits per heavy atom. The van der Waals surface area contributed by atoms with Crippen molar-refractivity contribution in [3.05, 3.63) is 36.5 Å². The molecular weight excluding hydrogens is 869 g/mol. The number of likely N-dealkylation sites (tertiary alicyclic amines) is 1. The second-order valence-electron chi connectivity index (χ2n) is 20.9. The summed E-state index contributed by atoms with van der Waals surface area (Å²) in [6.07, 6.45) is 5.34. The molecule has 1 aliphatic heterocycles. The molecule has 3 aromatic rings. The van der Waals surface area contributed by atoms with Gasteiger partial charge in [-0.2, -0.15) is 8.42 Å². The number of aromatic nitrogens is 3. The first-order valence-corrected chi connectivity index (χ1v) is 24.9. The highest BCUT2D eigenvalue weighted by molar-refractivity contribution is 7.85. The minimum Gasteiger partial charge on any atom is -0.491 e. The molecule has 4 saturated carbocycles. The van der Waals surface area contributed by atoms with Crippen molar-refractivity contribution in [1.29, 1.82) is 0 Å². The summed E-state index contributed by atoms with van der Waals surface area (Å²) in [7, 11) is -2.85. The summed E-state index contributed by atoms with van der Waals surface area (Å²) in [6, 6.07) is 8.16. The molecule has 17 nitrogen and oxygen atoms in total. The minimum absolute atomic E-state index is 0.00163. The maximum atomic E-state index is 15.1. The lowest BCUT2D eigenvalue weighted by atomic mass is 9.77. The molecule has 1 saturated heterocycles. The maximum Gasteiger partial charge on any atom is 0.362 e. The molecule has 360 valence electrons. The van der Waals surface area contributed by atoms with Gasteiger partial charge in [0.25, 0.3) is 0 Å². The first-order valence-electron chi connectivity index (χ1n) is 23.5. The number of hydrogen-bond donors (Lipinski definition) is 2. The Hall–Kier alpha value is -4.81. The van der Waals surface area contributed by atoms with E-state index in [1.165, 1.54) is 11.3 Å².